The van der Waals surface area contributed by atoms with E-state index in [1.807, 2.05) is 0 Å². The van der Waals surface area contributed by atoms with Crippen molar-refractivity contribution < 1.29 is 14.6 Å². The number of hydrogen-bond donors (Lipinski definition) is 1. The lowest BCUT2D eigenvalue weighted by Crippen LogP contribution is -2.54. The molecule has 4 heteroatoms. The van der Waals surface area contributed by atoms with Gasteiger partial charge in [-0.05, 0) is 18.8 Å². The van der Waals surface area contributed by atoms with Gasteiger partial charge in [-0.3, -0.25) is 0 Å². The molecular weight excluding hydrogens is 230 g/mol. The van der Waals surface area contributed by atoms with Gasteiger partial charge in [0.1, 0.15) is 0 Å². The molecule has 0 spiro atoms. The third-order valence-electron chi connectivity index (χ3n) is 3.91. The van der Waals surface area contributed by atoms with Crippen molar-refractivity contribution in [1.82, 2.24) is 4.90 Å². The van der Waals surface area contributed by atoms with Crippen LogP contribution in [0.5, 0.6) is 0 Å². The molecule has 2 rings (SSSR count). The lowest BCUT2D eigenvalue weighted by molar-refractivity contribution is -0.151. The van der Waals surface area contributed by atoms with Crippen molar-refractivity contribution in [2.45, 2.75) is 32.8 Å². The molecule has 106 valence electrons. The Hall–Kier alpha value is -0.160. The summed E-state index contributed by atoms with van der Waals surface area (Å²) < 4.78 is 11.1. The summed E-state index contributed by atoms with van der Waals surface area (Å²) in [6.45, 7) is 10.1. The molecule has 0 unspecified atom stereocenters. The summed E-state index contributed by atoms with van der Waals surface area (Å²) >= 11 is 0. The smallest absolute Gasteiger partial charge is 0.0599 e. The Labute approximate surface area is 110 Å². The Kier molecular flexibility index (Phi) is 5.01. The van der Waals surface area contributed by atoms with Gasteiger partial charge in [0.2, 0.25) is 0 Å². The summed E-state index contributed by atoms with van der Waals surface area (Å²) in [6.07, 6.45) is 2.68. The molecule has 2 saturated heterocycles. The molecule has 0 bridgehead atoms. The number of hydrogen-bond acceptors (Lipinski definition) is 4. The molecule has 4 nitrogen and oxygen atoms in total. The number of aliphatic hydroxyl groups is 1. The zero-order chi connectivity index (χ0) is 13.0. The van der Waals surface area contributed by atoms with Crippen molar-refractivity contribution in [2.24, 2.45) is 11.3 Å². The first-order valence-corrected chi connectivity index (χ1v) is 7.16. The fraction of sp³-hybridized carbons (Fsp3) is 1.00. The van der Waals surface area contributed by atoms with Crippen molar-refractivity contribution >= 4 is 0 Å². The number of rotatable bonds is 6. The van der Waals surface area contributed by atoms with E-state index in [0.29, 0.717) is 25.2 Å². The van der Waals surface area contributed by atoms with E-state index in [-0.39, 0.29) is 12.0 Å². The van der Waals surface area contributed by atoms with Crippen LogP contribution in [0.3, 0.4) is 0 Å². The van der Waals surface area contributed by atoms with Crippen LogP contribution in [0.15, 0.2) is 0 Å². The van der Waals surface area contributed by atoms with Crippen LogP contribution in [0.2, 0.25) is 0 Å². The highest BCUT2D eigenvalue weighted by Gasteiger charge is 2.40. The lowest BCUT2D eigenvalue weighted by Gasteiger charge is -2.44. The van der Waals surface area contributed by atoms with E-state index in [1.165, 1.54) is 0 Å². The predicted molar refractivity (Wildman–Crippen MR) is 70.6 cm³/mol. The van der Waals surface area contributed by atoms with Crippen molar-refractivity contribution in [3.8, 4) is 0 Å². The van der Waals surface area contributed by atoms with Crippen LogP contribution in [-0.2, 0) is 9.47 Å². The zero-order valence-corrected chi connectivity index (χ0v) is 11.7. The second-order valence-corrected chi connectivity index (χ2v) is 6.35. The first-order valence-electron chi connectivity index (χ1n) is 7.16. The maximum Gasteiger partial charge on any atom is 0.0599 e. The van der Waals surface area contributed by atoms with Crippen LogP contribution in [-0.4, -0.2) is 62.2 Å². The Morgan fingerprint density at radius 3 is 2.44 bits per heavy atom. The molecular formula is C14H27NO3. The highest BCUT2D eigenvalue weighted by Crippen LogP contribution is 2.29. The van der Waals surface area contributed by atoms with Gasteiger partial charge in [-0.25, -0.2) is 0 Å². The minimum absolute atomic E-state index is 0.0195. The molecule has 2 aliphatic rings. The summed E-state index contributed by atoms with van der Waals surface area (Å²) in [5.41, 5.74) is 0.0195. The molecule has 0 saturated carbocycles. The number of nitrogens with zero attached hydrogens (tertiary/aromatic N) is 1. The van der Waals surface area contributed by atoms with E-state index in [0.717, 1.165) is 39.1 Å². The van der Waals surface area contributed by atoms with Crippen molar-refractivity contribution in [2.75, 3.05) is 46.1 Å². The molecule has 0 aromatic heterocycles. The first kappa shape index (κ1) is 14.3. The number of piperidine rings is 1. The highest BCUT2D eigenvalue weighted by atomic mass is 16.5. The normalized spacial score (nSPS) is 25.3. The van der Waals surface area contributed by atoms with Gasteiger partial charge in [0, 0.05) is 26.2 Å². The molecule has 0 amide bonds. The first-order chi connectivity index (χ1) is 8.63. The predicted octanol–water partition coefficient (Wildman–Crippen LogP) is 1.13. The molecule has 0 aliphatic carbocycles. The Bertz CT molecular complexity index is 240. The number of aliphatic hydroxyl groups excluding tert-OH is 1. The lowest BCUT2D eigenvalue weighted by atomic mass is 9.86. The van der Waals surface area contributed by atoms with Gasteiger partial charge < -0.3 is 19.5 Å². The molecule has 0 radical (unpaired) electrons. The van der Waals surface area contributed by atoms with Crippen molar-refractivity contribution in [1.29, 1.82) is 0 Å². The summed E-state index contributed by atoms with van der Waals surface area (Å²) in [7, 11) is 0. The van der Waals surface area contributed by atoms with E-state index < -0.39 is 0 Å². The number of likely N-dealkylation sites (tertiary alicyclic amines) is 1. The highest BCUT2D eigenvalue weighted by molar-refractivity contribution is 4.89. The molecule has 0 aromatic rings. The van der Waals surface area contributed by atoms with Crippen molar-refractivity contribution in [3.05, 3.63) is 0 Å². The zero-order valence-electron chi connectivity index (χ0n) is 11.7. The third kappa shape index (κ3) is 3.67. The second-order valence-electron chi connectivity index (χ2n) is 6.35. The van der Waals surface area contributed by atoms with Gasteiger partial charge in [-0.2, -0.15) is 0 Å². The van der Waals surface area contributed by atoms with Gasteiger partial charge in [0.25, 0.3) is 0 Å². The van der Waals surface area contributed by atoms with Crippen LogP contribution in [0.1, 0.15) is 26.7 Å². The average molecular weight is 257 g/mol. The SMILES string of the molecule is CC(C)COC1CCN(CC2(CO)COC2)CC1. The Morgan fingerprint density at radius 1 is 1.33 bits per heavy atom. The second kappa shape index (κ2) is 6.33. The van der Waals surface area contributed by atoms with Crippen LogP contribution < -0.4 is 0 Å². The third-order valence-corrected chi connectivity index (χ3v) is 3.91. The summed E-state index contributed by atoms with van der Waals surface area (Å²) in [6, 6.07) is 0. The fourth-order valence-electron chi connectivity index (χ4n) is 2.66. The maximum absolute atomic E-state index is 9.43. The Morgan fingerprint density at radius 2 is 2.00 bits per heavy atom. The fourth-order valence-corrected chi connectivity index (χ4v) is 2.66. The molecule has 18 heavy (non-hydrogen) atoms. The maximum atomic E-state index is 9.43. The van der Waals surface area contributed by atoms with Gasteiger partial charge in [-0.15, -0.1) is 0 Å². The van der Waals surface area contributed by atoms with Crippen LogP contribution in [0.4, 0.5) is 0 Å². The van der Waals surface area contributed by atoms with Gasteiger partial charge in [-0.1, -0.05) is 13.8 Å². The summed E-state index contributed by atoms with van der Waals surface area (Å²) in [5, 5.41) is 9.43. The molecule has 2 fully saturated rings. The minimum Gasteiger partial charge on any atom is -0.396 e. The largest absolute Gasteiger partial charge is 0.396 e. The molecule has 2 heterocycles. The van der Waals surface area contributed by atoms with Crippen molar-refractivity contribution in [3.63, 3.8) is 0 Å². The van der Waals surface area contributed by atoms with Crippen LogP contribution >= 0.6 is 0 Å². The van der Waals surface area contributed by atoms with Crippen LogP contribution in [0.25, 0.3) is 0 Å². The average Bonchev–Trinajstić information content (AvgIpc) is 2.33. The quantitative estimate of drug-likeness (QED) is 0.774. The van der Waals surface area contributed by atoms with Gasteiger partial charge in [0.15, 0.2) is 0 Å². The molecule has 0 atom stereocenters. The van der Waals surface area contributed by atoms with Gasteiger partial charge in [0.05, 0.1) is 31.3 Å². The van der Waals surface area contributed by atoms with E-state index in [4.69, 9.17) is 9.47 Å². The van der Waals surface area contributed by atoms with E-state index >= 15 is 0 Å². The summed E-state index contributed by atoms with van der Waals surface area (Å²) in [4.78, 5) is 2.45. The summed E-state index contributed by atoms with van der Waals surface area (Å²) in [5.74, 6) is 0.618. The molecule has 2 aliphatic heterocycles. The number of ether oxygens (including phenoxy) is 2. The topological polar surface area (TPSA) is 41.9 Å². The van der Waals surface area contributed by atoms with Gasteiger partial charge >= 0.3 is 0 Å². The van der Waals surface area contributed by atoms with E-state index in [9.17, 15) is 5.11 Å². The molecule has 1 N–H and O–H groups in total. The van der Waals surface area contributed by atoms with Crippen LogP contribution in [0, 0.1) is 11.3 Å². The van der Waals surface area contributed by atoms with E-state index in [1.54, 1.807) is 0 Å². The monoisotopic (exact) mass is 257 g/mol. The Balaban J connectivity index is 1.67. The minimum atomic E-state index is 0.0195. The van der Waals surface area contributed by atoms with E-state index in [2.05, 4.69) is 18.7 Å². The standard InChI is InChI=1S/C14H27NO3/c1-12(2)7-18-13-3-5-15(6-4-13)8-14(9-16)10-17-11-14/h12-13,16H,3-11H2,1-2H3. The molecule has 0 aromatic carbocycles.